The molecule has 1 fully saturated rings. The van der Waals surface area contributed by atoms with Crippen LogP contribution in [0.4, 0.5) is 21.5 Å². The first-order valence-electron chi connectivity index (χ1n) is 10.0. The Hall–Kier alpha value is -3.87. The summed E-state index contributed by atoms with van der Waals surface area (Å²) in [5.74, 6) is -2.34. The number of carboxylic acid groups (broad SMARTS) is 1. The largest absolute Gasteiger partial charge is 0.478 e. The first-order chi connectivity index (χ1) is 15.0. The molecule has 0 radical (unpaired) electrons. The zero-order chi connectivity index (χ0) is 21.8. The van der Waals surface area contributed by atoms with Crippen molar-refractivity contribution in [1.82, 2.24) is 0 Å². The Balaban J connectivity index is 1.50. The number of carbonyl (C=O) groups excluding carboxylic acids is 1. The molecule has 0 aliphatic carbocycles. The number of carboxylic acids is 1. The molecule has 1 saturated heterocycles. The van der Waals surface area contributed by atoms with Gasteiger partial charge >= 0.3 is 5.97 Å². The smallest absolute Gasteiger partial charge is 0.337 e. The topological polar surface area (TPSA) is 72.9 Å². The van der Waals surface area contributed by atoms with E-state index in [0.717, 1.165) is 18.8 Å². The quantitative estimate of drug-likeness (QED) is 0.651. The van der Waals surface area contributed by atoms with Crippen LogP contribution in [0.15, 0.2) is 72.8 Å². The molecule has 3 aromatic carbocycles. The van der Waals surface area contributed by atoms with Crippen molar-refractivity contribution in [2.45, 2.75) is 0 Å². The fourth-order valence-electron chi connectivity index (χ4n) is 3.75. The first kappa shape index (κ1) is 20.4. The second-order valence-electron chi connectivity index (χ2n) is 7.28. The van der Waals surface area contributed by atoms with Gasteiger partial charge in [0.25, 0.3) is 5.91 Å². The Kier molecular flexibility index (Phi) is 5.84. The predicted octanol–water partition coefficient (Wildman–Crippen LogP) is 4.10. The Labute approximate surface area is 179 Å². The van der Waals surface area contributed by atoms with E-state index in [1.807, 2.05) is 23.1 Å². The lowest BCUT2D eigenvalue weighted by molar-refractivity contribution is 0.0697. The van der Waals surface area contributed by atoms with Crippen LogP contribution in [0, 0.1) is 5.82 Å². The standard InChI is InChI=1S/C24H22FN3O3/c25-21-9-5-4-8-19(21)23(29)26-17-10-11-22(20(16-17)24(30)31)28-14-12-27(13-15-28)18-6-2-1-3-7-18/h1-11,16H,12-15H2,(H,26,29)(H,30,31). The molecule has 2 N–H and O–H groups in total. The molecule has 0 bridgehead atoms. The highest BCUT2D eigenvalue weighted by atomic mass is 19.1. The first-order valence-corrected chi connectivity index (χ1v) is 10.0. The Bertz CT molecular complexity index is 1100. The average Bonchev–Trinajstić information content (AvgIpc) is 2.80. The van der Waals surface area contributed by atoms with E-state index < -0.39 is 17.7 Å². The summed E-state index contributed by atoms with van der Waals surface area (Å²) in [5, 5.41) is 12.3. The molecular formula is C24H22FN3O3. The van der Waals surface area contributed by atoms with Crippen LogP contribution in [-0.4, -0.2) is 43.2 Å². The normalized spacial score (nSPS) is 13.7. The Morgan fingerprint density at radius 3 is 2.13 bits per heavy atom. The summed E-state index contributed by atoms with van der Waals surface area (Å²) in [7, 11) is 0. The highest BCUT2D eigenvalue weighted by Crippen LogP contribution is 2.27. The summed E-state index contributed by atoms with van der Waals surface area (Å²) >= 11 is 0. The maximum absolute atomic E-state index is 13.8. The molecule has 0 atom stereocenters. The molecule has 6 nitrogen and oxygen atoms in total. The van der Waals surface area contributed by atoms with Gasteiger partial charge in [0.1, 0.15) is 5.82 Å². The average molecular weight is 419 g/mol. The molecule has 1 amide bonds. The van der Waals surface area contributed by atoms with Crippen molar-refractivity contribution in [1.29, 1.82) is 0 Å². The van der Waals surface area contributed by atoms with Crippen LogP contribution in [0.25, 0.3) is 0 Å². The van der Waals surface area contributed by atoms with Gasteiger partial charge in [0.2, 0.25) is 0 Å². The van der Waals surface area contributed by atoms with Crippen LogP contribution in [0.2, 0.25) is 0 Å². The molecule has 1 aliphatic rings. The van der Waals surface area contributed by atoms with Gasteiger partial charge in [-0.25, -0.2) is 9.18 Å². The van der Waals surface area contributed by atoms with Gasteiger partial charge in [0.05, 0.1) is 16.8 Å². The number of para-hydroxylation sites is 1. The van der Waals surface area contributed by atoms with Crippen LogP contribution < -0.4 is 15.1 Å². The number of anilines is 3. The fourth-order valence-corrected chi connectivity index (χ4v) is 3.75. The van der Waals surface area contributed by atoms with Crippen molar-refractivity contribution in [3.05, 3.63) is 89.7 Å². The lowest BCUT2D eigenvalue weighted by Crippen LogP contribution is -2.47. The van der Waals surface area contributed by atoms with E-state index in [0.29, 0.717) is 24.5 Å². The Morgan fingerprint density at radius 1 is 0.806 bits per heavy atom. The zero-order valence-corrected chi connectivity index (χ0v) is 16.8. The van der Waals surface area contributed by atoms with Gasteiger partial charge in [-0.15, -0.1) is 0 Å². The van der Waals surface area contributed by atoms with E-state index in [9.17, 15) is 19.1 Å². The predicted molar refractivity (Wildman–Crippen MR) is 119 cm³/mol. The third-order valence-corrected chi connectivity index (χ3v) is 5.35. The number of nitrogens with one attached hydrogen (secondary N) is 1. The van der Waals surface area contributed by atoms with Crippen LogP contribution in [0.3, 0.4) is 0 Å². The van der Waals surface area contributed by atoms with Gasteiger partial charge in [-0.05, 0) is 42.5 Å². The van der Waals surface area contributed by atoms with Crippen molar-refractivity contribution in [3.63, 3.8) is 0 Å². The lowest BCUT2D eigenvalue weighted by Gasteiger charge is -2.38. The van der Waals surface area contributed by atoms with Crippen molar-refractivity contribution in [3.8, 4) is 0 Å². The number of amides is 1. The van der Waals surface area contributed by atoms with Crippen molar-refractivity contribution >= 4 is 28.9 Å². The molecule has 158 valence electrons. The van der Waals surface area contributed by atoms with Crippen molar-refractivity contribution in [2.24, 2.45) is 0 Å². The van der Waals surface area contributed by atoms with Gasteiger partial charge in [-0.3, -0.25) is 4.79 Å². The number of rotatable bonds is 5. The SMILES string of the molecule is O=C(Nc1ccc(N2CCN(c3ccccc3)CC2)c(C(=O)O)c1)c1ccccc1F. The number of hydrogen-bond acceptors (Lipinski definition) is 4. The number of halogens is 1. The number of piperazine rings is 1. The molecule has 0 saturated carbocycles. The highest BCUT2D eigenvalue weighted by Gasteiger charge is 2.22. The van der Waals surface area contributed by atoms with E-state index in [1.165, 1.54) is 24.3 Å². The zero-order valence-electron chi connectivity index (χ0n) is 16.8. The molecule has 31 heavy (non-hydrogen) atoms. The molecular weight excluding hydrogens is 397 g/mol. The van der Waals surface area contributed by atoms with Gasteiger partial charge in [0.15, 0.2) is 0 Å². The van der Waals surface area contributed by atoms with Crippen LogP contribution >= 0.6 is 0 Å². The molecule has 1 heterocycles. The number of benzene rings is 3. The maximum atomic E-state index is 13.8. The summed E-state index contributed by atoms with van der Waals surface area (Å²) in [5.41, 5.74) is 2.05. The number of aromatic carboxylic acids is 1. The third-order valence-electron chi connectivity index (χ3n) is 5.35. The second kappa shape index (κ2) is 8.87. The summed E-state index contributed by atoms with van der Waals surface area (Å²) in [4.78, 5) is 28.6. The Morgan fingerprint density at radius 2 is 1.45 bits per heavy atom. The molecule has 4 rings (SSSR count). The molecule has 7 heteroatoms. The summed E-state index contributed by atoms with van der Waals surface area (Å²) < 4.78 is 13.8. The van der Waals surface area contributed by atoms with E-state index in [4.69, 9.17) is 0 Å². The summed E-state index contributed by atoms with van der Waals surface area (Å²) in [6.07, 6.45) is 0. The van der Waals surface area contributed by atoms with E-state index in [1.54, 1.807) is 18.2 Å². The van der Waals surface area contributed by atoms with Crippen molar-refractivity contribution in [2.75, 3.05) is 41.3 Å². The van der Waals surface area contributed by atoms with Crippen LogP contribution in [-0.2, 0) is 0 Å². The minimum absolute atomic E-state index is 0.0968. The number of hydrogen-bond donors (Lipinski definition) is 2. The van der Waals surface area contributed by atoms with Gasteiger partial charge in [-0.1, -0.05) is 30.3 Å². The van der Waals surface area contributed by atoms with Gasteiger partial charge in [0, 0.05) is 37.6 Å². The number of carbonyl (C=O) groups is 2. The minimum atomic E-state index is -1.08. The second-order valence-corrected chi connectivity index (χ2v) is 7.28. The lowest BCUT2D eigenvalue weighted by atomic mass is 10.1. The van der Waals surface area contributed by atoms with Crippen LogP contribution in [0.1, 0.15) is 20.7 Å². The van der Waals surface area contributed by atoms with E-state index in [2.05, 4.69) is 22.3 Å². The molecule has 0 spiro atoms. The fraction of sp³-hybridized carbons (Fsp3) is 0.167. The maximum Gasteiger partial charge on any atom is 0.337 e. The van der Waals surface area contributed by atoms with Gasteiger partial charge < -0.3 is 20.2 Å². The number of nitrogens with zero attached hydrogens (tertiary/aromatic N) is 2. The monoisotopic (exact) mass is 419 g/mol. The minimum Gasteiger partial charge on any atom is -0.478 e. The van der Waals surface area contributed by atoms with E-state index in [-0.39, 0.29) is 11.1 Å². The molecule has 0 unspecified atom stereocenters. The van der Waals surface area contributed by atoms with Crippen LogP contribution in [0.5, 0.6) is 0 Å². The third kappa shape index (κ3) is 4.50. The molecule has 1 aliphatic heterocycles. The van der Waals surface area contributed by atoms with Gasteiger partial charge in [-0.2, -0.15) is 0 Å². The summed E-state index contributed by atoms with van der Waals surface area (Å²) in [6.45, 7) is 2.90. The van der Waals surface area contributed by atoms with E-state index >= 15 is 0 Å². The molecule has 0 aromatic heterocycles. The highest BCUT2D eigenvalue weighted by molar-refractivity contribution is 6.05. The summed E-state index contributed by atoms with van der Waals surface area (Å²) in [6, 6.07) is 20.5. The van der Waals surface area contributed by atoms with Crippen molar-refractivity contribution < 1.29 is 19.1 Å². The molecule has 3 aromatic rings.